The lowest BCUT2D eigenvalue weighted by molar-refractivity contribution is -0.150. The molecule has 0 bridgehead atoms. The van der Waals surface area contributed by atoms with Gasteiger partial charge in [0, 0.05) is 6.42 Å². The Morgan fingerprint density at radius 2 is 2.00 bits per heavy atom. The number of ketones is 1. The topological polar surface area (TPSA) is 63.7 Å². The number of rotatable bonds is 3. The molecule has 1 aliphatic rings. The molecule has 1 heterocycles. The number of hydrogen-bond donors (Lipinski definition) is 0. The normalized spacial score (nSPS) is 18.5. The van der Waals surface area contributed by atoms with E-state index in [-0.39, 0.29) is 31.1 Å². The number of likely N-dealkylation sites (tertiary alicyclic amines) is 1. The number of hydrogen-bond acceptors (Lipinski definition) is 4. The lowest BCUT2D eigenvalue weighted by Gasteiger charge is -2.21. The van der Waals surface area contributed by atoms with Crippen molar-refractivity contribution in [2.24, 2.45) is 0 Å². The second kappa shape index (κ2) is 5.65. The molecule has 0 unspecified atom stereocenters. The second-order valence-corrected chi connectivity index (χ2v) is 4.47. The average Bonchev–Trinajstić information content (AvgIpc) is 2.81. The van der Waals surface area contributed by atoms with Gasteiger partial charge in [-0.25, -0.2) is 4.79 Å². The maximum Gasteiger partial charge on any atom is 0.329 e. The van der Waals surface area contributed by atoms with Crippen LogP contribution in [0.3, 0.4) is 0 Å². The molecule has 1 fully saturated rings. The number of methoxy groups -OCH3 is 1. The molecule has 1 aromatic rings. The van der Waals surface area contributed by atoms with Crippen molar-refractivity contribution < 1.29 is 19.1 Å². The van der Waals surface area contributed by atoms with E-state index in [1.807, 2.05) is 30.3 Å². The van der Waals surface area contributed by atoms with E-state index in [0.29, 0.717) is 0 Å². The molecule has 19 heavy (non-hydrogen) atoms. The summed E-state index contributed by atoms with van der Waals surface area (Å²) in [5.74, 6) is -0.878. The van der Waals surface area contributed by atoms with Crippen molar-refractivity contribution >= 4 is 17.7 Å². The molecule has 1 saturated heterocycles. The molecule has 5 nitrogen and oxygen atoms in total. The van der Waals surface area contributed by atoms with Gasteiger partial charge in [0.25, 0.3) is 0 Å². The third-order valence-electron chi connectivity index (χ3n) is 3.14. The third-order valence-corrected chi connectivity index (χ3v) is 3.14. The van der Waals surface area contributed by atoms with E-state index in [1.165, 1.54) is 12.0 Å². The van der Waals surface area contributed by atoms with Crippen molar-refractivity contribution in [3.8, 4) is 0 Å². The molecule has 0 N–H and O–H groups in total. The summed E-state index contributed by atoms with van der Waals surface area (Å²) in [7, 11) is 1.25. The Morgan fingerprint density at radius 1 is 1.32 bits per heavy atom. The SMILES string of the molecule is COC(=O)[C@@H]1CC(=O)CN1C(=O)Cc1ccccc1. The summed E-state index contributed by atoms with van der Waals surface area (Å²) >= 11 is 0. The van der Waals surface area contributed by atoms with Crippen LogP contribution in [0.4, 0.5) is 0 Å². The fraction of sp³-hybridized carbons (Fsp3) is 0.357. The molecule has 5 heteroatoms. The highest BCUT2D eigenvalue weighted by atomic mass is 16.5. The first-order valence-electron chi connectivity index (χ1n) is 6.04. The molecule has 0 radical (unpaired) electrons. The smallest absolute Gasteiger partial charge is 0.329 e. The molecule has 0 aromatic heterocycles. The Kier molecular flexibility index (Phi) is 3.94. The Morgan fingerprint density at radius 3 is 2.63 bits per heavy atom. The summed E-state index contributed by atoms with van der Waals surface area (Å²) in [6.45, 7) is -0.00850. The van der Waals surface area contributed by atoms with Crippen LogP contribution in [-0.4, -0.2) is 42.3 Å². The van der Waals surface area contributed by atoms with E-state index >= 15 is 0 Å². The van der Waals surface area contributed by atoms with Crippen LogP contribution in [0.2, 0.25) is 0 Å². The minimum absolute atomic E-state index is 0.00850. The Hall–Kier alpha value is -2.17. The number of Topliss-reactive ketones (excluding diaryl/α,β-unsaturated/α-hetero) is 1. The third kappa shape index (κ3) is 2.99. The van der Waals surface area contributed by atoms with E-state index in [4.69, 9.17) is 0 Å². The highest BCUT2D eigenvalue weighted by Crippen LogP contribution is 2.17. The van der Waals surface area contributed by atoms with Gasteiger partial charge in [-0.05, 0) is 5.56 Å². The largest absolute Gasteiger partial charge is 0.467 e. The summed E-state index contributed by atoms with van der Waals surface area (Å²) in [4.78, 5) is 36.5. The molecule has 0 aliphatic carbocycles. The molecule has 0 spiro atoms. The standard InChI is InChI=1S/C14H15NO4/c1-19-14(18)12-8-11(16)9-15(12)13(17)7-10-5-3-2-4-6-10/h2-6,12H,7-9H2,1H3/t12-/m0/s1. The van der Waals surface area contributed by atoms with Crippen molar-refractivity contribution in [1.29, 1.82) is 0 Å². The summed E-state index contributed by atoms with van der Waals surface area (Å²) in [6.07, 6.45) is 0.231. The minimum atomic E-state index is -0.770. The van der Waals surface area contributed by atoms with Crippen LogP contribution in [-0.2, 0) is 25.5 Å². The van der Waals surface area contributed by atoms with Crippen LogP contribution >= 0.6 is 0 Å². The van der Waals surface area contributed by atoms with Gasteiger partial charge in [-0.2, -0.15) is 0 Å². The zero-order valence-electron chi connectivity index (χ0n) is 10.7. The predicted molar refractivity (Wildman–Crippen MR) is 67.3 cm³/mol. The zero-order chi connectivity index (χ0) is 13.8. The van der Waals surface area contributed by atoms with Gasteiger partial charge in [0.1, 0.15) is 6.04 Å². The number of amides is 1. The molecular weight excluding hydrogens is 246 g/mol. The summed E-state index contributed by atoms with van der Waals surface area (Å²) < 4.78 is 4.63. The van der Waals surface area contributed by atoms with Crippen LogP contribution in [0.5, 0.6) is 0 Å². The highest BCUT2D eigenvalue weighted by molar-refractivity contribution is 5.97. The van der Waals surface area contributed by atoms with E-state index in [9.17, 15) is 14.4 Å². The quantitative estimate of drug-likeness (QED) is 0.746. The number of esters is 1. The van der Waals surface area contributed by atoms with Crippen molar-refractivity contribution in [2.45, 2.75) is 18.9 Å². The van der Waals surface area contributed by atoms with Crippen LogP contribution in [0.1, 0.15) is 12.0 Å². The molecule has 1 amide bonds. The molecule has 0 saturated carbocycles. The number of carbonyl (C=O) groups excluding carboxylic acids is 3. The van der Waals surface area contributed by atoms with E-state index < -0.39 is 12.0 Å². The van der Waals surface area contributed by atoms with Crippen LogP contribution in [0.25, 0.3) is 0 Å². The summed E-state index contributed by atoms with van der Waals surface area (Å²) in [5, 5.41) is 0. The first-order chi connectivity index (χ1) is 9.11. The van der Waals surface area contributed by atoms with Gasteiger partial charge >= 0.3 is 5.97 Å². The van der Waals surface area contributed by atoms with Gasteiger partial charge < -0.3 is 9.64 Å². The van der Waals surface area contributed by atoms with Gasteiger partial charge in [0.2, 0.25) is 5.91 Å². The first-order valence-corrected chi connectivity index (χ1v) is 6.04. The van der Waals surface area contributed by atoms with Crippen LogP contribution < -0.4 is 0 Å². The Balaban J connectivity index is 2.09. The summed E-state index contributed by atoms with van der Waals surface area (Å²) in [6, 6.07) is 8.45. The number of carbonyl (C=O) groups is 3. The average molecular weight is 261 g/mol. The van der Waals surface area contributed by atoms with Crippen molar-refractivity contribution in [3.05, 3.63) is 35.9 Å². The van der Waals surface area contributed by atoms with E-state index in [2.05, 4.69) is 4.74 Å². The lowest BCUT2D eigenvalue weighted by atomic mass is 10.1. The highest BCUT2D eigenvalue weighted by Gasteiger charge is 2.39. The number of nitrogens with zero attached hydrogens (tertiary/aromatic N) is 1. The van der Waals surface area contributed by atoms with Crippen molar-refractivity contribution in [3.63, 3.8) is 0 Å². The number of ether oxygens (including phenoxy) is 1. The second-order valence-electron chi connectivity index (χ2n) is 4.47. The summed E-state index contributed by atoms with van der Waals surface area (Å²) in [5.41, 5.74) is 0.857. The minimum Gasteiger partial charge on any atom is -0.467 e. The van der Waals surface area contributed by atoms with Gasteiger partial charge in [-0.1, -0.05) is 30.3 Å². The van der Waals surface area contributed by atoms with Gasteiger partial charge in [0.15, 0.2) is 5.78 Å². The maximum atomic E-state index is 12.2. The first kappa shape index (κ1) is 13.3. The molecular formula is C14H15NO4. The van der Waals surface area contributed by atoms with E-state index in [1.54, 1.807) is 0 Å². The van der Waals surface area contributed by atoms with E-state index in [0.717, 1.165) is 5.56 Å². The van der Waals surface area contributed by atoms with Gasteiger partial charge in [-0.15, -0.1) is 0 Å². The maximum absolute atomic E-state index is 12.2. The monoisotopic (exact) mass is 261 g/mol. The van der Waals surface area contributed by atoms with Gasteiger partial charge in [-0.3, -0.25) is 9.59 Å². The van der Waals surface area contributed by atoms with Crippen molar-refractivity contribution in [1.82, 2.24) is 4.90 Å². The Labute approximate surface area is 111 Å². The fourth-order valence-corrected chi connectivity index (χ4v) is 2.17. The van der Waals surface area contributed by atoms with Crippen LogP contribution in [0, 0.1) is 0 Å². The molecule has 2 rings (SSSR count). The molecule has 100 valence electrons. The fourth-order valence-electron chi connectivity index (χ4n) is 2.17. The van der Waals surface area contributed by atoms with Gasteiger partial charge in [0.05, 0.1) is 20.1 Å². The molecule has 1 aliphatic heterocycles. The zero-order valence-corrected chi connectivity index (χ0v) is 10.7. The number of benzene rings is 1. The van der Waals surface area contributed by atoms with Crippen molar-refractivity contribution in [2.75, 3.05) is 13.7 Å². The Bertz CT molecular complexity index is 497. The molecule has 1 atom stereocenters. The molecule has 1 aromatic carbocycles. The van der Waals surface area contributed by atoms with Crippen LogP contribution in [0.15, 0.2) is 30.3 Å². The predicted octanol–water partition coefficient (Wildman–Crippen LogP) is 0.572. The lowest BCUT2D eigenvalue weighted by Crippen LogP contribution is -2.41.